The van der Waals surface area contributed by atoms with Crippen molar-refractivity contribution in [3.63, 3.8) is 0 Å². The van der Waals surface area contributed by atoms with Gasteiger partial charge in [-0.1, -0.05) is 6.07 Å². The predicted molar refractivity (Wildman–Crippen MR) is 124 cm³/mol. The summed E-state index contributed by atoms with van der Waals surface area (Å²) in [5.41, 5.74) is 5.41. The predicted octanol–water partition coefficient (Wildman–Crippen LogP) is 2.37. The van der Waals surface area contributed by atoms with Crippen molar-refractivity contribution in [3.05, 3.63) is 65.1 Å². The van der Waals surface area contributed by atoms with Gasteiger partial charge in [0.15, 0.2) is 0 Å². The maximum absolute atomic E-state index is 12.3. The molecule has 1 aliphatic rings. The highest BCUT2D eigenvalue weighted by Gasteiger charge is 2.24. The van der Waals surface area contributed by atoms with Crippen molar-refractivity contribution in [3.8, 4) is 0 Å². The zero-order chi connectivity index (χ0) is 22.7. The average Bonchev–Trinajstić information content (AvgIpc) is 2.79. The first-order valence-electron chi connectivity index (χ1n) is 10.5. The number of amides is 1. The number of benzene rings is 1. The largest absolute Gasteiger partial charge is 0.395 e. The zero-order valence-corrected chi connectivity index (χ0v) is 18.5. The van der Waals surface area contributed by atoms with E-state index in [0.717, 1.165) is 34.0 Å². The lowest BCUT2D eigenvalue weighted by Gasteiger charge is -2.37. The molecule has 0 atom stereocenters. The van der Waals surface area contributed by atoms with Crippen molar-refractivity contribution < 1.29 is 9.90 Å². The third-order valence-corrected chi connectivity index (χ3v) is 5.32. The number of carbonyl (C=O) groups is 1. The Morgan fingerprint density at radius 2 is 2.00 bits per heavy atom. The van der Waals surface area contributed by atoms with Crippen LogP contribution in [-0.4, -0.2) is 52.8 Å². The molecule has 4 rings (SSSR count). The topological polar surface area (TPSA) is 107 Å². The third-order valence-electron chi connectivity index (χ3n) is 5.32. The molecule has 3 aromatic rings. The van der Waals surface area contributed by atoms with Gasteiger partial charge in [-0.2, -0.15) is 4.98 Å². The van der Waals surface area contributed by atoms with Crippen LogP contribution in [0.4, 0.5) is 23.1 Å². The molecule has 0 unspecified atom stereocenters. The summed E-state index contributed by atoms with van der Waals surface area (Å²) in [5.74, 6) is 1.19. The highest BCUT2D eigenvalue weighted by Crippen LogP contribution is 2.31. The minimum absolute atomic E-state index is 0.0879. The summed E-state index contributed by atoms with van der Waals surface area (Å²) in [6.45, 7) is 5.37. The molecule has 32 heavy (non-hydrogen) atoms. The van der Waals surface area contributed by atoms with E-state index in [0.29, 0.717) is 24.7 Å². The number of nitrogens with one attached hydrogen (secondary N) is 2. The molecular weight excluding hydrogens is 406 g/mol. The number of carbonyl (C=O) groups excluding carboxylic acids is 1. The first kappa shape index (κ1) is 21.5. The summed E-state index contributed by atoms with van der Waals surface area (Å²) >= 11 is 0. The van der Waals surface area contributed by atoms with Gasteiger partial charge in [-0.3, -0.25) is 9.78 Å². The molecule has 1 aliphatic heterocycles. The molecule has 166 valence electrons. The van der Waals surface area contributed by atoms with E-state index >= 15 is 0 Å². The first-order valence-corrected chi connectivity index (χ1v) is 10.5. The summed E-state index contributed by atoms with van der Waals surface area (Å²) in [4.78, 5) is 30.1. The Morgan fingerprint density at radius 1 is 1.16 bits per heavy atom. The van der Waals surface area contributed by atoms with E-state index in [2.05, 4.69) is 30.4 Å². The van der Waals surface area contributed by atoms with Crippen molar-refractivity contribution in [2.45, 2.75) is 20.4 Å². The number of aryl methyl sites for hydroxylation is 2. The fourth-order valence-corrected chi connectivity index (χ4v) is 3.67. The van der Waals surface area contributed by atoms with Crippen LogP contribution in [-0.2, 0) is 6.54 Å². The maximum Gasteiger partial charge on any atom is 0.251 e. The lowest BCUT2D eigenvalue weighted by Crippen LogP contribution is -2.41. The Kier molecular flexibility index (Phi) is 6.18. The van der Waals surface area contributed by atoms with Gasteiger partial charge < -0.3 is 25.5 Å². The standard InChI is InChI=1S/C23H27N7O2/c1-15-4-6-17(22(32)24-8-9-31)10-20(15)30-13-18-11-26-23(28-21(18)29(3)14-30)27-19-7-5-16(2)25-12-19/h4-7,10-12,31H,8-9,13-14H2,1-3H3,(H,24,32)(H,26,27,28). The van der Waals surface area contributed by atoms with Crippen molar-refractivity contribution in [1.82, 2.24) is 20.3 Å². The van der Waals surface area contributed by atoms with Crippen molar-refractivity contribution in [2.24, 2.45) is 0 Å². The SMILES string of the molecule is Cc1ccc(Nc2ncc3c(n2)N(C)CN(c2cc(C(=O)NCCO)ccc2C)C3)cn1. The van der Waals surface area contributed by atoms with Gasteiger partial charge >= 0.3 is 0 Å². The normalized spacial score (nSPS) is 13.0. The summed E-state index contributed by atoms with van der Waals surface area (Å²) in [5, 5.41) is 14.9. The monoisotopic (exact) mass is 433 g/mol. The molecule has 0 radical (unpaired) electrons. The van der Waals surface area contributed by atoms with Crippen molar-refractivity contribution >= 4 is 29.0 Å². The summed E-state index contributed by atoms with van der Waals surface area (Å²) in [7, 11) is 1.99. The maximum atomic E-state index is 12.3. The Hall–Kier alpha value is -3.72. The number of aliphatic hydroxyl groups excluding tert-OH is 1. The van der Waals surface area contributed by atoms with Crippen molar-refractivity contribution in [2.75, 3.05) is 42.0 Å². The zero-order valence-electron chi connectivity index (χ0n) is 18.5. The molecule has 0 fully saturated rings. The van der Waals surface area contributed by atoms with Crippen molar-refractivity contribution in [1.29, 1.82) is 0 Å². The molecular formula is C23H27N7O2. The molecule has 1 amide bonds. The number of nitrogens with zero attached hydrogens (tertiary/aromatic N) is 5. The van der Waals surface area contributed by atoms with Gasteiger partial charge in [0.2, 0.25) is 5.95 Å². The lowest BCUT2D eigenvalue weighted by molar-refractivity contribution is 0.0945. The minimum Gasteiger partial charge on any atom is -0.395 e. The number of pyridine rings is 1. The van der Waals surface area contributed by atoms with Crippen LogP contribution in [0.5, 0.6) is 0 Å². The number of fused-ring (bicyclic) bond motifs is 1. The second-order valence-electron chi connectivity index (χ2n) is 7.87. The molecule has 3 N–H and O–H groups in total. The van der Waals surface area contributed by atoms with Gasteiger partial charge in [-0.15, -0.1) is 0 Å². The van der Waals surface area contributed by atoms with E-state index in [1.807, 2.05) is 51.4 Å². The number of hydrogen-bond acceptors (Lipinski definition) is 8. The number of rotatable bonds is 6. The van der Waals surface area contributed by atoms with Gasteiger partial charge in [0.05, 0.1) is 25.2 Å². The second-order valence-corrected chi connectivity index (χ2v) is 7.87. The fourth-order valence-electron chi connectivity index (χ4n) is 3.67. The van der Waals surface area contributed by atoms with Gasteiger partial charge in [-0.05, 0) is 43.7 Å². The molecule has 0 saturated carbocycles. The number of anilines is 4. The van der Waals surface area contributed by atoms with Gasteiger partial charge in [0.1, 0.15) is 5.82 Å². The second kappa shape index (κ2) is 9.19. The average molecular weight is 434 g/mol. The molecule has 0 spiro atoms. The van der Waals surface area contributed by atoms with Crippen LogP contribution in [0.25, 0.3) is 0 Å². The van der Waals surface area contributed by atoms with Gasteiger partial charge in [0, 0.05) is 48.8 Å². The Bertz CT molecular complexity index is 1120. The van der Waals surface area contributed by atoms with Crippen LogP contribution in [0.15, 0.2) is 42.7 Å². The van der Waals surface area contributed by atoms with E-state index in [-0.39, 0.29) is 19.1 Å². The molecule has 3 heterocycles. The molecule has 9 heteroatoms. The highest BCUT2D eigenvalue weighted by molar-refractivity contribution is 5.95. The van der Waals surface area contributed by atoms with Crippen LogP contribution in [0.1, 0.15) is 27.2 Å². The summed E-state index contributed by atoms with van der Waals surface area (Å²) < 4.78 is 0. The molecule has 0 saturated heterocycles. The van der Waals surface area contributed by atoms with Gasteiger partial charge in [-0.25, -0.2) is 4.98 Å². The van der Waals surface area contributed by atoms with Crippen LogP contribution < -0.4 is 20.4 Å². The Balaban J connectivity index is 1.55. The van der Waals surface area contributed by atoms with Crippen LogP contribution >= 0.6 is 0 Å². The van der Waals surface area contributed by atoms with E-state index in [4.69, 9.17) is 10.1 Å². The van der Waals surface area contributed by atoms with Crippen LogP contribution in [0.3, 0.4) is 0 Å². The Labute approximate surface area is 187 Å². The Morgan fingerprint density at radius 3 is 2.75 bits per heavy atom. The fraction of sp³-hybridized carbons (Fsp3) is 0.304. The minimum atomic E-state index is -0.198. The van der Waals surface area contributed by atoms with Gasteiger partial charge in [0.25, 0.3) is 5.91 Å². The molecule has 1 aromatic carbocycles. The number of hydrogen-bond donors (Lipinski definition) is 3. The van der Waals surface area contributed by atoms with Crippen LogP contribution in [0.2, 0.25) is 0 Å². The summed E-state index contributed by atoms with van der Waals surface area (Å²) in [6, 6.07) is 9.52. The molecule has 2 aromatic heterocycles. The summed E-state index contributed by atoms with van der Waals surface area (Å²) in [6.07, 6.45) is 3.60. The van der Waals surface area contributed by atoms with E-state index in [9.17, 15) is 4.79 Å². The van der Waals surface area contributed by atoms with E-state index in [1.165, 1.54) is 0 Å². The number of aliphatic hydroxyl groups is 1. The quantitative estimate of drug-likeness (QED) is 0.544. The van der Waals surface area contributed by atoms with Crippen LogP contribution in [0, 0.1) is 13.8 Å². The van der Waals surface area contributed by atoms with E-state index in [1.54, 1.807) is 12.3 Å². The number of aromatic nitrogens is 3. The molecule has 9 nitrogen and oxygen atoms in total. The van der Waals surface area contributed by atoms with E-state index < -0.39 is 0 Å². The smallest absolute Gasteiger partial charge is 0.251 e. The molecule has 0 aliphatic carbocycles. The third kappa shape index (κ3) is 4.62. The molecule has 0 bridgehead atoms. The lowest BCUT2D eigenvalue weighted by atomic mass is 10.1. The highest BCUT2D eigenvalue weighted by atomic mass is 16.3. The first-order chi connectivity index (χ1) is 15.4.